The third-order valence-corrected chi connectivity index (χ3v) is 7.11. The Morgan fingerprint density at radius 2 is 1.82 bits per heavy atom. The number of hydrogen-bond donors (Lipinski definition) is 1. The van der Waals surface area contributed by atoms with E-state index >= 15 is 0 Å². The maximum Gasteiger partial charge on any atom is 0.282 e. The Labute approximate surface area is 224 Å². The second-order valence-corrected chi connectivity index (χ2v) is 10.4. The van der Waals surface area contributed by atoms with E-state index in [0.29, 0.717) is 11.6 Å². The van der Waals surface area contributed by atoms with Crippen LogP contribution in [-0.2, 0) is 16.1 Å². The van der Waals surface area contributed by atoms with Crippen LogP contribution in [0, 0.1) is 0 Å². The predicted molar refractivity (Wildman–Crippen MR) is 137 cm³/mol. The van der Waals surface area contributed by atoms with Gasteiger partial charge in [-0.05, 0) is 23.1 Å². The average molecular weight is 542 g/mol. The number of nitrogens with zero attached hydrogens (tertiary/aromatic N) is 6. The quantitative estimate of drug-likeness (QED) is 0.471. The molecule has 2 amide bonds. The van der Waals surface area contributed by atoms with E-state index in [9.17, 15) is 22.8 Å². The molecule has 4 heterocycles. The number of likely N-dealkylation sites (tertiary alicyclic amines) is 1. The number of carbonyl (C=O) groups excluding carboxylic acids is 2. The van der Waals surface area contributed by atoms with Crippen molar-refractivity contribution in [2.24, 2.45) is 0 Å². The fourth-order valence-corrected chi connectivity index (χ4v) is 4.95. The molecule has 0 spiro atoms. The van der Waals surface area contributed by atoms with Gasteiger partial charge in [-0.1, -0.05) is 55.5 Å². The van der Waals surface area contributed by atoms with Crippen LogP contribution in [0.1, 0.15) is 49.0 Å². The van der Waals surface area contributed by atoms with E-state index in [-0.39, 0.29) is 25.3 Å². The summed E-state index contributed by atoms with van der Waals surface area (Å²) in [6.45, 7) is 2.53. The summed E-state index contributed by atoms with van der Waals surface area (Å²) in [6, 6.07) is 11.5. The summed E-state index contributed by atoms with van der Waals surface area (Å²) in [6.07, 6.45) is 1.54. The molecule has 39 heavy (non-hydrogen) atoms. The summed E-state index contributed by atoms with van der Waals surface area (Å²) in [5, 5.41) is 10.6. The third kappa shape index (κ3) is 5.74. The number of alkyl halides is 3. The van der Waals surface area contributed by atoms with Crippen LogP contribution in [-0.4, -0.2) is 74.5 Å². The van der Waals surface area contributed by atoms with E-state index < -0.39 is 49.1 Å². The highest BCUT2D eigenvalue weighted by Crippen LogP contribution is 2.31. The Bertz CT molecular complexity index is 1310. The van der Waals surface area contributed by atoms with E-state index in [4.69, 9.17) is 0 Å². The lowest BCUT2D eigenvalue weighted by molar-refractivity contribution is -0.139. The van der Waals surface area contributed by atoms with Crippen molar-refractivity contribution in [2.45, 2.75) is 56.9 Å². The molecule has 2 aromatic heterocycles. The van der Waals surface area contributed by atoms with E-state index in [0.717, 1.165) is 11.1 Å². The number of hydrogen-bond acceptors (Lipinski definition) is 6. The highest BCUT2D eigenvalue weighted by molar-refractivity contribution is 5.89. The van der Waals surface area contributed by atoms with Crippen molar-refractivity contribution in [1.82, 2.24) is 30.2 Å². The number of halogens is 3. The number of amides is 2. The maximum atomic E-state index is 14.6. The molecule has 0 aliphatic carbocycles. The first kappa shape index (κ1) is 26.6. The first-order chi connectivity index (χ1) is 18.6. The molecular weight excluding hydrogens is 511 g/mol. The number of aromatic nitrogens is 4. The van der Waals surface area contributed by atoms with Crippen molar-refractivity contribution in [3.05, 3.63) is 71.7 Å². The summed E-state index contributed by atoms with van der Waals surface area (Å²) in [4.78, 5) is 33.9. The highest BCUT2D eigenvalue weighted by atomic mass is 19.3. The van der Waals surface area contributed by atoms with Gasteiger partial charge in [-0.3, -0.25) is 14.6 Å². The SMILES string of the molecule is CC(C)c1ccc(C(NC(=O)C2CC(F)CN2C(=O)Cn2nncc2N2CC(F)(F)C2)c2ccccc2)nc1. The largest absolute Gasteiger partial charge is 0.343 e. The average Bonchev–Trinajstić information content (AvgIpc) is 3.52. The molecule has 1 aromatic carbocycles. The molecule has 206 valence electrons. The van der Waals surface area contributed by atoms with Crippen LogP contribution in [0.5, 0.6) is 0 Å². The van der Waals surface area contributed by atoms with Crippen LogP contribution in [0.15, 0.2) is 54.9 Å². The van der Waals surface area contributed by atoms with Gasteiger partial charge in [0.15, 0.2) is 0 Å². The van der Waals surface area contributed by atoms with Crippen molar-refractivity contribution >= 4 is 17.6 Å². The number of pyridine rings is 1. The molecule has 3 unspecified atom stereocenters. The van der Waals surface area contributed by atoms with E-state index in [1.807, 2.05) is 42.5 Å². The fourth-order valence-electron chi connectivity index (χ4n) is 4.95. The van der Waals surface area contributed by atoms with Crippen molar-refractivity contribution in [1.29, 1.82) is 0 Å². The monoisotopic (exact) mass is 541 g/mol. The third-order valence-electron chi connectivity index (χ3n) is 7.11. The Kier molecular flexibility index (Phi) is 7.28. The van der Waals surface area contributed by atoms with E-state index in [1.54, 1.807) is 6.20 Å². The van der Waals surface area contributed by atoms with Gasteiger partial charge in [0.05, 0.1) is 37.6 Å². The van der Waals surface area contributed by atoms with Gasteiger partial charge in [0.2, 0.25) is 11.8 Å². The fraction of sp³-hybridized carbons (Fsp3) is 0.444. The van der Waals surface area contributed by atoms with Crippen LogP contribution in [0.4, 0.5) is 19.0 Å². The number of rotatable bonds is 8. The number of anilines is 1. The lowest BCUT2D eigenvalue weighted by atomic mass is 10.00. The van der Waals surface area contributed by atoms with Crippen LogP contribution in [0.3, 0.4) is 0 Å². The number of nitrogens with one attached hydrogen (secondary N) is 1. The van der Waals surface area contributed by atoms with Gasteiger partial charge in [0.1, 0.15) is 24.6 Å². The maximum absolute atomic E-state index is 14.6. The lowest BCUT2D eigenvalue weighted by Crippen LogP contribution is -2.57. The molecule has 3 atom stereocenters. The Balaban J connectivity index is 1.33. The Morgan fingerprint density at radius 3 is 2.46 bits per heavy atom. The van der Waals surface area contributed by atoms with Crippen molar-refractivity contribution in [2.75, 3.05) is 24.5 Å². The summed E-state index contributed by atoms with van der Waals surface area (Å²) < 4.78 is 42.5. The van der Waals surface area contributed by atoms with Gasteiger partial charge < -0.3 is 15.1 Å². The smallest absolute Gasteiger partial charge is 0.282 e. The van der Waals surface area contributed by atoms with Crippen LogP contribution >= 0.6 is 0 Å². The molecule has 2 saturated heterocycles. The second-order valence-electron chi connectivity index (χ2n) is 10.4. The van der Waals surface area contributed by atoms with E-state index in [1.165, 1.54) is 20.7 Å². The zero-order chi connectivity index (χ0) is 27.7. The normalized spacial score (nSPS) is 21.1. The van der Waals surface area contributed by atoms with Crippen LogP contribution in [0.2, 0.25) is 0 Å². The van der Waals surface area contributed by atoms with Crippen molar-refractivity contribution < 1.29 is 22.8 Å². The topological polar surface area (TPSA) is 96.2 Å². The molecule has 5 rings (SSSR count). The summed E-state index contributed by atoms with van der Waals surface area (Å²) in [5.74, 6) is -3.30. The predicted octanol–water partition coefficient (Wildman–Crippen LogP) is 3.10. The van der Waals surface area contributed by atoms with Crippen molar-refractivity contribution in [3.8, 4) is 0 Å². The molecule has 0 radical (unpaired) electrons. The minimum atomic E-state index is -2.81. The minimum absolute atomic E-state index is 0.151. The lowest BCUT2D eigenvalue weighted by Gasteiger charge is -2.39. The summed E-state index contributed by atoms with van der Waals surface area (Å²) in [5.41, 5.74) is 2.46. The first-order valence-electron chi connectivity index (χ1n) is 12.9. The van der Waals surface area contributed by atoms with Gasteiger partial charge in [0.25, 0.3) is 5.92 Å². The van der Waals surface area contributed by atoms with Gasteiger partial charge in [-0.25, -0.2) is 17.9 Å². The standard InChI is InChI=1S/C27H30F3N7O2/c1-17(2)19-8-9-21(31-11-19)25(18-6-4-3-5-7-18)33-26(39)22-10-20(28)13-36(22)24(38)14-37-23(12-32-34-37)35-15-27(29,30)16-35/h3-9,11-12,17,20,22,25H,10,13-16H2,1-2H3,(H,33,39). The van der Waals surface area contributed by atoms with Gasteiger partial charge in [0, 0.05) is 12.6 Å². The molecule has 0 bridgehead atoms. The number of benzene rings is 1. The minimum Gasteiger partial charge on any atom is -0.343 e. The Morgan fingerprint density at radius 1 is 1.08 bits per heavy atom. The van der Waals surface area contributed by atoms with Crippen LogP contribution < -0.4 is 10.2 Å². The molecule has 12 heteroatoms. The van der Waals surface area contributed by atoms with Gasteiger partial charge >= 0.3 is 0 Å². The van der Waals surface area contributed by atoms with Crippen molar-refractivity contribution in [3.63, 3.8) is 0 Å². The number of carbonyl (C=O) groups is 2. The molecule has 0 saturated carbocycles. The molecule has 3 aromatic rings. The van der Waals surface area contributed by atoms with Gasteiger partial charge in [-0.2, -0.15) is 0 Å². The Hall–Kier alpha value is -3.96. The van der Waals surface area contributed by atoms with Gasteiger partial charge in [-0.15, -0.1) is 5.10 Å². The van der Waals surface area contributed by atoms with Crippen LogP contribution in [0.25, 0.3) is 0 Å². The highest BCUT2D eigenvalue weighted by Gasteiger charge is 2.46. The molecule has 9 nitrogen and oxygen atoms in total. The summed E-state index contributed by atoms with van der Waals surface area (Å²) in [7, 11) is 0. The zero-order valence-corrected chi connectivity index (χ0v) is 21.7. The molecule has 2 fully saturated rings. The van der Waals surface area contributed by atoms with E-state index in [2.05, 4.69) is 34.5 Å². The first-order valence-corrected chi connectivity index (χ1v) is 12.9. The zero-order valence-electron chi connectivity index (χ0n) is 21.7. The molecule has 2 aliphatic rings. The molecule has 2 aliphatic heterocycles. The second kappa shape index (κ2) is 10.7. The molecular formula is C27H30F3N7O2. The summed E-state index contributed by atoms with van der Waals surface area (Å²) >= 11 is 0. The molecule has 1 N–H and O–H groups in total.